The molecule has 0 radical (unpaired) electrons. The molecule has 2 fully saturated rings. The predicted molar refractivity (Wildman–Crippen MR) is 133 cm³/mol. The molecule has 0 unspecified atom stereocenters. The number of hydrogen-bond donors (Lipinski definition) is 1. The van der Waals surface area contributed by atoms with E-state index in [2.05, 4.69) is 82.2 Å². The second-order valence-corrected chi connectivity index (χ2v) is 9.27. The Morgan fingerprint density at radius 1 is 0.844 bits per heavy atom. The van der Waals surface area contributed by atoms with Gasteiger partial charge in [-0.25, -0.2) is 0 Å². The van der Waals surface area contributed by atoms with Gasteiger partial charge in [0.05, 0.1) is 0 Å². The van der Waals surface area contributed by atoms with Crippen LogP contribution in [0, 0.1) is 0 Å². The number of carbonyl (C=O) groups is 1. The molecule has 2 aromatic carbocycles. The molecule has 2 aliphatic heterocycles. The molecule has 1 amide bonds. The minimum Gasteiger partial charge on any atom is -0.369 e. The van der Waals surface area contributed by atoms with Gasteiger partial charge in [0.25, 0.3) is 5.91 Å². The van der Waals surface area contributed by atoms with E-state index in [0.29, 0.717) is 18.2 Å². The summed E-state index contributed by atoms with van der Waals surface area (Å²) in [5, 5.41) is 3.12. The number of benzene rings is 2. The van der Waals surface area contributed by atoms with Crippen molar-refractivity contribution >= 4 is 17.3 Å². The lowest BCUT2D eigenvalue weighted by atomic mass is 10.1. The zero-order chi connectivity index (χ0) is 22.5. The highest BCUT2D eigenvalue weighted by molar-refractivity contribution is 5.94. The van der Waals surface area contributed by atoms with Gasteiger partial charge in [0.15, 0.2) is 0 Å². The largest absolute Gasteiger partial charge is 0.369 e. The average Bonchev–Trinajstić information content (AvgIpc) is 2.83. The van der Waals surface area contributed by atoms with Crippen molar-refractivity contribution in [3.05, 3.63) is 59.7 Å². The number of amides is 1. The lowest BCUT2D eigenvalue weighted by Crippen LogP contribution is -2.48. The Balaban J connectivity index is 1.33. The van der Waals surface area contributed by atoms with E-state index in [1.165, 1.54) is 16.9 Å². The summed E-state index contributed by atoms with van der Waals surface area (Å²) in [5.74, 6) is -0.0191. The second kappa shape index (κ2) is 10.4. The molecule has 0 atom stereocenters. The van der Waals surface area contributed by atoms with Gasteiger partial charge in [-0.05, 0) is 56.8 Å². The van der Waals surface area contributed by atoms with Crippen LogP contribution >= 0.6 is 0 Å². The molecule has 6 nitrogen and oxygen atoms in total. The van der Waals surface area contributed by atoms with Gasteiger partial charge >= 0.3 is 0 Å². The number of hydrogen-bond acceptors (Lipinski definition) is 5. The summed E-state index contributed by atoms with van der Waals surface area (Å²) in [5.41, 5.74) is 4.32. The van der Waals surface area contributed by atoms with Crippen molar-refractivity contribution in [2.24, 2.45) is 0 Å². The Labute approximate surface area is 192 Å². The number of likely N-dealkylation sites (N-methyl/N-ethyl adjacent to an activating group) is 1. The van der Waals surface area contributed by atoms with E-state index in [-0.39, 0.29) is 5.91 Å². The van der Waals surface area contributed by atoms with E-state index in [1.54, 1.807) is 0 Å². The molecule has 0 saturated carbocycles. The van der Waals surface area contributed by atoms with Crippen LogP contribution in [0.25, 0.3) is 0 Å². The maximum absolute atomic E-state index is 12.8. The SMILES string of the molecule is CC(C)N1CCN(c2ccc(C(=O)NCc3ccccc3N3CCN(C)CC3)cc2)CC1. The van der Waals surface area contributed by atoms with Crippen LogP contribution in [0.4, 0.5) is 11.4 Å². The lowest BCUT2D eigenvalue weighted by Gasteiger charge is -2.38. The predicted octanol–water partition coefficient (Wildman–Crippen LogP) is 2.90. The quantitative estimate of drug-likeness (QED) is 0.756. The van der Waals surface area contributed by atoms with Crippen molar-refractivity contribution in [2.75, 3.05) is 69.2 Å². The normalized spacial score (nSPS) is 18.2. The van der Waals surface area contributed by atoms with Gasteiger partial charge in [0.2, 0.25) is 0 Å². The smallest absolute Gasteiger partial charge is 0.251 e. The number of piperazine rings is 2. The number of para-hydroxylation sites is 1. The first kappa shape index (κ1) is 22.6. The zero-order valence-electron chi connectivity index (χ0n) is 19.8. The van der Waals surface area contributed by atoms with Crippen LogP contribution in [0.1, 0.15) is 29.8 Å². The molecule has 2 heterocycles. The molecule has 1 N–H and O–H groups in total. The summed E-state index contributed by atoms with van der Waals surface area (Å²) < 4.78 is 0. The first-order valence-electron chi connectivity index (χ1n) is 11.9. The van der Waals surface area contributed by atoms with Gasteiger partial charge in [-0.2, -0.15) is 0 Å². The molecule has 4 rings (SSSR count). The van der Waals surface area contributed by atoms with E-state index < -0.39 is 0 Å². The summed E-state index contributed by atoms with van der Waals surface area (Å²) >= 11 is 0. The minimum atomic E-state index is -0.0191. The van der Waals surface area contributed by atoms with E-state index in [0.717, 1.165) is 52.4 Å². The molecular formula is C26H37N5O. The van der Waals surface area contributed by atoms with Crippen LogP contribution in [0.15, 0.2) is 48.5 Å². The first-order chi connectivity index (χ1) is 15.5. The molecule has 2 saturated heterocycles. The van der Waals surface area contributed by atoms with Crippen LogP contribution in [0.2, 0.25) is 0 Å². The molecule has 172 valence electrons. The third-order valence-electron chi connectivity index (χ3n) is 6.81. The summed E-state index contributed by atoms with van der Waals surface area (Å²) in [7, 11) is 2.17. The van der Waals surface area contributed by atoms with Crippen LogP contribution in [-0.2, 0) is 6.54 Å². The highest BCUT2D eigenvalue weighted by Crippen LogP contribution is 2.22. The molecule has 2 aromatic rings. The standard InChI is InChI=1S/C26H37N5O/c1-21(2)29-16-18-30(19-17-29)24-10-8-22(9-11-24)26(32)27-20-23-6-4-5-7-25(23)31-14-12-28(3)13-15-31/h4-11,21H,12-20H2,1-3H3,(H,27,32). The Bertz CT molecular complexity index is 881. The van der Waals surface area contributed by atoms with Crippen LogP contribution in [0.5, 0.6) is 0 Å². The monoisotopic (exact) mass is 435 g/mol. The third-order valence-corrected chi connectivity index (χ3v) is 6.81. The van der Waals surface area contributed by atoms with Crippen LogP contribution < -0.4 is 15.1 Å². The van der Waals surface area contributed by atoms with Crippen LogP contribution in [0.3, 0.4) is 0 Å². The Kier molecular flexibility index (Phi) is 7.33. The van der Waals surface area contributed by atoms with E-state index in [4.69, 9.17) is 0 Å². The zero-order valence-corrected chi connectivity index (χ0v) is 19.8. The number of carbonyl (C=O) groups excluding carboxylic acids is 1. The van der Waals surface area contributed by atoms with Crippen molar-refractivity contribution in [1.29, 1.82) is 0 Å². The number of rotatable bonds is 6. The fourth-order valence-electron chi connectivity index (χ4n) is 4.61. The van der Waals surface area contributed by atoms with Gasteiger partial charge in [0.1, 0.15) is 0 Å². The van der Waals surface area contributed by atoms with E-state index >= 15 is 0 Å². The second-order valence-electron chi connectivity index (χ2n) is 9.27. The maximum atomic E-state index is 12.8. The van der Waals surface area contributed by atoms with Gasteiger partial charge in [-0.1, -0.05) is 18.2 Å². The van der Waals surface area contributed by atoms with Gasteiger partial charge < -0.3 is 20.0 Å². The molecule has 2 aliphatic rings. The summed E-state index contributed by atoms with van der Waals surface area (Å²) in [4.78, 5) is 22.5. The molecule has 32 heavy (non-hydrogen) atoms. The molecular weight excluding hydrogens is 398 g/mol. The fourth-order valence-corrected chi connectivity index (χ4v) is 4.61. The first-order valence-corrected chi connectivity index (χ1v) is 11.9. The Morgan fingerprint density at radius 3 is 2.12 bits per heavy atom. The summed E-state index contributed by atoms with van der Waals surface area (Å²) in [6, 6.07) is 17.1. The topological polar surface area (TPSA) is 42.1 Å². The van der Waals surface area contributed by atoms with Gasteiger partial charge in [0, 0.05) is 81.9 Å². The third kappa shape index (κ3) is 5.43. The number of nitrogens with one attached hydrogen (secondary N) is 1. The van der Waals surface area contributed by atoms with Crippen molar-refractivity contribution in [1.82, 2.24) is 15.1 Å². The average molecular weight is 436 g/mol. The lowest BCUT2D eigenvalue weighted by molar-refractivity contribution is 0.0951. The molecule has 6 heteroatoms. The fraction of sp³-hybridized carbons (Fsp3) is 0.500. The molecule has 0 aliphatic carbocycles. The highest BCUT2D eigenvalue weighted by Gasteiger charge is 2.20. The van der Waals surface area contributed by atoms with Crippen molar-refractivity contribution in [3.8, 4) is 0 Å². The Hall–Kier alpha value is -2.57. The van der Waals surface area contributed by atoms with E-state index in [1.807, 2.05) is 12.1 Å². The number of nitrogens with zero attached hydrogens (tertiary/aromatic N) is 4. The van der Waals surface area contributed by atoms with Crippen LogP contribution in [-0.4, -0.2) is 81.2 Å². The Morgan fingerprint density at radius 2 is 1.47 bits per heavy atom. The van der Waals surface area contributed by atoms with Crippen molar-refractivity contribution in [3.63, 3.8) is 0 Å². The van der Waals surface area contributed by atoms with Crippen molar-refractivity contribution < 1.29 is 4.79 Å². The molecule has 0 spiro atoms. The summed E-state index contributed by atoms with van der Waals surface area (Å²) in [6.07, 6.45) is 0. The van der Waals surface area contributed by atoms with Gasteiger partial charge in [-0.15, -0.1) is 0 Å². The summed E-state index contributed by atoms with van der Waals surface area (Å²) in [6.45, 7) is 13.5. The molecule has 0 bridgehead atoms. The minimum absolute atomic E-state index is 0.0191. The van der Waals surface area contributed by atoms with E-state index in [9.17, 15) is 4.79 Å². The molecule has 0 aromatic heterocycles. The maximum Gasteiger partial charge on any atom is 0.251 e. The highest BCUT2D eigenvalue weighted by atomic mass is 16.1. The van der Waals surface area contributed by atoms with Gasteiger partial charge in [-0.3, -0.25) is 9.69 Å². The number of anilines is 2. The van der Waals surface area contributed by atoms with Crippen molar-refractivity contribution in [2.45, 2.75) is 26.4 Å².